The van der Waals surface area contributed by atoms with E-state index in [9.17, 15) is 0 Å². The fourth-order valence-electron chi connectivity index (χ4n) is 0.354. The minimum Gasteiger partial charge on any atom is -0.317 e. The average molecular weight is 183 g/mol. The van der Waals surface area contributed by atoms with Crippen LogP contribution in [0.1, 0.15) is 64.8 Å². The standard InChI is InChI=1S/C5H13N.6CH4/c1-3-5-6-4-2;;;;;;/h6H,3-5H2,1-2H3;6*1H4. The van der Waals surface area contributed by atoms with Crippen LogP contribution in [0.4, 0.5) is 0 Å². The lowest BCUT2D eigenvalue weighted by Gasteiger charge is -1.91. The van der Waals surface area contributed by atoms with Crippen molar-refractivity contribution in [1.82, 2.24) is 5.32 Å². The van der Waals surface area contributed by atoms with Crippen molar-refractivity contribution in [2.45, 2.75) is 64.8 Å². The highest BCUT2D eigenvalue weighted by Gasteiger charge is 1.71. The van der Waals surface area contributed by atoms with Gasteiger partial charge in [0, 0.05) is 0 Å². The van der Waals surface area contributed by atoms with Gasteiger partial charge in [-0.15, -0.1) is 0 Å². The van der Waals surface area contributed by atoms with E-state index in [0.29, 0.717) is 0 Å². The minimum absolute atomic E-state index is 0. The van der Waals surface area contributed by atoms with Gasteiger partial charge in [0.15, 0.2) is 0 Å². The topological polar surface area (TPSA) is 12.0 Å². The Balaban J connectivity index is -0.00000000833. The molecule has 12 heavy (non-hydrogen) atoms. The van der Waals surface area contributed by atoms with Crippen molar-refractivity contribution < 1.29 is 0 Å². The fraction of sp³-hybridized carbons (Fsp3) is 1.00. The molecule has 0 aromatic heterocycles. The van der Waals surface area contributed by atoms with Crippen molar-refractivity contribution in [3.05, 3.63) is 0 Å². The monoisotopic (exact) mass is 183 g/mol. The molecule has 0 aliphatic carbocycles. The number of rotatable bonds is 3. The van der Waals surface area contributed by atoms with Crippen LogP contribution in [0.5, 0.6) is 0 Å². The zero-order valence-corrected chi connectivity index (χ0v) is 4.62. The highest BCUT2D eigenvalue weighted by molar-refractivity contribution is 4.35. The third-order valence-corrected chi connectivity index (χ3v) is 0.677. The molecule has 0 rings (SSSR count). The Kier molecular flexibility index (Phi) is 337. The molecule has 0 aromatic rings. The summed E-state index contributed by atoms with van der Waals surface area (Å²) in [6, 6.07) is 0. The smallest absolute Gasteiger partial charge is 0.00517 e. The Morgan fingerprint density at radius 1 is 0.750 bits per heavy atom. The van der Waals surface area contributed by atoms with Gasteiger partial charge in [0.25, 0.3) is 0 Å². The molecule has 0 aromatic carbocycles. The Morgan fingerprint density at radius 2 is 1.08 bits per heavy atom. The third-order valence-electron chi connectivity index (χ3n) is 0.677. The molecule has 0 heterocycles. The maximum absolute atomic E-state index is 3.20. The van der Waals surface area contributed by atoms with E-state index in [0.717, 1.165) is 13.1 Å². The van der Waals surface area contributed by atoms with E-state index in [2.05, 4.69) is 19.2 Å². The van der Waals surface area contributed by atoms with Gasteiger partial charge in [-0.25, -0.2) is 0 Å². The molecule has 0 saturated carbocycles. The second-order valence-electron chi connectivity index (χ2n) is 1.35. The second kappa shape index (κ2) is 69.3. The van der Waals surface area contributed by atoms with E-state index in [1.54, 1.807) is 0 Å². The van der Waals surface area contributed by atoms with Crippen molar-refractivity contribution in [3.8, 4) is 0 Å². The summed E-state index contributed by atoms with van der Waals surface area (Å²) in [5.74, 6) is 0. The van der Waals surface area contributed by atoms with Crippen molar-refractivity contribution in [2.75, 3.05) is 13.1 Å². The van der Waals surface area contributed by atoms with Gasteiger partial charge in [0.05, 0.1) is 0 Å². The first kappa shape index (κ1) is 58.4. The van der Waals surface area contributed by atoms with Crippen LogP contribution in [0.15, 0.2) is 0 Å². The molecule has 0 fully saturated rings. The van der Waals surface area contributed by atoms with Gasteiger partial charge in [-0.1, -0.05) is 58.4 Å². The van der Waals surface area contributed by atoms with Crippen molar-refractivity contribution in [2.24, 2.45) is 0 Å². The molecule has 0 aliphatic rings. The lowest BCUT2D eigenvalue weighted by atomic mass is 10.5. The van der Waals surface area contributed by atoms with Gasteiger partial charge in [-0.2, -0.15) is 0 Å². The molecule has 1 heteroatoms. The molecule has 1 nitrogen and oxygen atoms in total. The van der Waals surface area contributed by atoms with Gasteiger partial charge in [0.1, 0.15) is 0 Å². The maximum Gasteiger partial charge on any atom is -0.00517 e. The highest BCUT2D eigenvalue weighted by Crippen LogP contribution is 1.65. The molecule has 0 amide bonds. The molecular weight excluding hydrogens is 146 g/mol. The van der Waals surface area contributed by atoms with Crippen molar-refractivity contribution in [3.63, 3.8) is 0 Å². The first-order chi connectivity index (χ1) is 2.91. The largest absolute Gasteiger partial charge is 0.317 e. The van der Waals surface area contributed by atoms with Gasteiger partial charge in [0.2, 0.25) is 0 Å². The van der Waals surface area contributed by atoms with E-state index in [1.165, 1.54) is 6.42 Å². The van der Waals surface area contributed by atoms with E-state index < -0.39 is 0 Å². The molecule has 0 atom stereocenters. The predicted molar refractivity (Wildman–Crippen MR) is 69.2 cm³/mol. The summed E-state index contributed by atoms with van der Waals surface area (Å²) in [7, 11) is 0. The molecule has 0 saturated heterocycles. The van der Waals surface area contributed by atoms with Gasteiger partial charge in [-0.3, -0.25) is 0 Å². The summed E-state index contributed by atoms with van der Waals surface area (Å²) < 4.78 is 0. The molecule has 1 N–H and O–H groups in total. The summed E-state index contributed by atoms with van der Waals surface area (Å²) in [4.78, 5) is 0. The first-order valence-electron chi connectivity index (χ1n) is 2.62. The van der Waals surface area contributed by atoms with Gasteiger partial charge >= 0.3 is 0 Å². The van der Waals surface area contributed by atoms with E-state index in [4.69, 9.17) is 0 Å². The van der Waals surface area contributed by atoms with Crippen LogP contribution in [0.2, 0.25) is 0 Å². The zero-order valence-electron chi connectivity index (χ0n) is 4.62. The lowest BCUT2D eigenvalue weighted by molar-refractivity contribution is 0.703. The molecular formula is C11H37N. The fourth-order valence-corrected chi connectivity index (χ4v) is 0.354. The highest BCUT2D eigenvalue weighted by atomic mass is 14.8. The Morgan fingerprint density at radius 3 is 1.17 bits per heavy atom. The Labute approximate surface area is 84.0 Å². The predicted octanol–water partition coefficient (Wildman–Crippen LogP) is 4.82. The van der Waals surface area contributed by atoms with Crippen molar-refractivity contribution >= 4 is 0 Å². The third kappa shape index (κ3) is 91.3. The van der Waals surface area contributed by atoms with Crippen LogP contribution in [-0.4, -0.2) is 13.1 Å². The van der Waals surface area contributed by atoms with Crippen LogP contribution in [0.3, 0.4) is 0 Å². The van der Waals surface area contributed by atoms with Crippen LogP contribution >= 0.6 is 0 Å². The number of nitrogens with one attached hydrogen (secondary N) is 1. The van der Waals surface area contributed by atoms with Crippen LogP contribution in [0.25, 0.3) is 0 Å². The molecule has 86 valence electrons. The van der Waals surface area contributed by atoms with Crippen LogP contribution < -0.4 is 5.32 Å². The van der Waals surface area contributed by atoms with Gasteiger partial charge in [-0.05, 0) is 19.5 Å². The minimum atomic E-state index is 0. The normalized spacial score (nSPS) is 4.50. The summed E-state index contributed by atoms with van der Waals surface area (Å²) >= 11 is 0. The second-order valence-corrected chi connectivity index (χ2v) is 1.35. The van der Waals surface area contributed by atoms with Gasteiger partial charge < -0.3 is 5.32 Å². The summed E-state index contributed by atoms with van der Waals surface area (Å²) in [5, 5.41) is 3.20. The number of hydrogen-bond donors (Lipinski definition) is 1. The van der Waals surface area contributed by atoms with E-state index in [1.807, 2.05) is 0 Å². The SMILES string of the molecule is C.C.C.C.C.C.CCCNCC. The Bertz CT molecular complexity index is 17.0. The summed E-state index contributed by atoms with van der Waals surface area (Å²) in [6.45, 7) is 6.56. The summed E-state index contributed by atoms with van der Waals surface area (Å²) in [5.41, 5.74) is 0. The van der Waals surface area contributed by atoms with Crippen molar-refractivity contribution in [1.29, 1.82) is 0 Å². The first-order valence-corrected chi connectivity index (χ1v) is 2.62. The molecule has 0 spiro atoms. The number of hydrogen-bond acceptors (Lipinski definition) is 1. The average Bonchev–Trinajstić information content (AvgIpc) is 1.61. The molecule has 0 radical (unpaired) electrons. The lowest BCUT2D eigenvalue weighted by Crippen LogP contribution is -2.12. The van der Waals surface area contributed by atoms with Crippen LogP contribution in [0, 0.1) is 0 Å². The zero-order chi connectivity index (χ0) is 4.83. The summed E-state index contributed by atoms with van der Waals surface area (Å²) in [6.07, 6.45) is 1.24. The molecule has 0 aliphatic heterocycles. The van der Waals surface area contributed by atoms with E-state index >= 15 is 0 Å². The maximum atomic E-state index is 3.20. The molecule has 0 unspecified atom stereocenters. The Hall–Kier alpha value is -0.0400. The molecule has 0 bridgehead atoms. The quantitative estimate of drug-likeness (QED) is 0.618. The van der Waals surface area contributed by atoms with E-state index in [-0.39, 0.29) is 44.6 Å². The van der Waals surface area contributed by atoms with Crippen LogP contribution in [-0.2, 0) is 0 Å².